The summed E-state index contributed by atoms with van der Waals surface area (Å²) in [7, 11) is -9.15. The average molecular weight is 1960 g/mol. The summed E-state index contributed by atoms with van der Waals surface area (Å²) in [6, 6.07) is 34.0. The maximum Gasteiger partial charge on any atom is 1.00 e. The average Bonchev–Trinajstić information content (AvgIpc) is 1.09. The van der Waals surface area contributed by atoms with Gasteiger partial charge in [-0.05, 0) is 201 Å². The molecule has 3 saturated heterocycles. The van der Waals surface area contributed by atoms with Gasteiger partial charge in [-0.2, -0.15) is 5.26 Å². The van der Waals surface area contributed by atoms with E-state index in [1.54, 1.807) is 28.3 Å². The molecule has 14 rings (SSSR count). The summed E-state index contributed by atoms with van der Waals surface area (Å²) in [4.78, 5) is 54.5. The minimum atomic E-state index is -4.33. The molecular formula is C87H95ClF4N11NaO17S8. The minimum Gasteiger partial charge on any atom is -0.571 e. The Kier molecular flexibility index (Phi) is 39.9. The van der Waals surface area contributed by atoms with Crippen molar-refractivity contribution in [3.05, 3.63) is 259 Å². The first-order valence-electron chi connectivity index (χ1n) is 38.8. The molecule has 7 heterocycles. The van der Waals surface area contributed by atoms with Crippen LogP contribution < -0.4 is 75.8 Å². The monoisotopic (exact) mass is 1960 g/mol. The second-order valence-corrected chi connectivity index (χ2v) is 39.2. The normalized spacial score (nSPS) is 13.0. The number of nitrogens with one attached hydrogen (secondary N) is 4. The summed E-state index contributed by atoms with van der Waals surface area (Å²) in [5.41, 5.74) is 27.4. The molecule has 8 N–H and O–H groups in total. The third-order valence-corrected chi connectivity index (χ3v) is 28.4. The molecule has 0 bridgehead atoms. The minimum absolute atomic E-state index is 0. The van der Waals surface area contributed by atoms with E-state index in [0.717, 1.165) is 179 Å². The van der Waals surface area contributed by atoms with Gasteiger partial charge in [-0.3, -0.25) is 19.0 Å². The molecule has 2 amide bonds. The van der Waals surface area contributed by atoms with Crippen LogP contribution in [0.25, 0.3) is 4.72 Å². The fourth-order valence-corrected chi connectivity index (χ4v) is 21.1. The largest absolute Gasteiger partial charge is 1.00 e. The Morgan fingerprint density at radius 3 is 1.14 bits per heavy atom. The van der Waals surface area contributed by atoms with E-state index in [2.05, 4.69) is 75.8 Å². The van der Waals surface area contributed by atoms with Gasteiger partial charge in [0.15, 0.2) is 0 Å². The van der Waals surface area contributed by atoms with Crippen molar-refractivity contribution in [2.45, 2.75) is 88.8 Å². The van der Waals surface area contributed by atoms with Crippen molar-refractivity contribution >= 4 is 176 Å². The van der Waals surface area contributed by atoms with Gasteiger partial charge >= 0.3 is 41.5 Å². The number of thiophene rings is 4. The van der Waals surface area contributed by atoms with Crippen molar-refractivity contribution in [3.8, 4) is 6.07 Å². The smallest absolute Gasteiger partial charge is 0.571 e. The van der Waals surface area contributed by atoms with Crippen molar-refractivity contribution in [1.82, 2.24) is 0 Å². The number of morpholine rings is 3. The van der Waals surface area contributed by atoms with E-state index >= 15 is 0 Å². The van der Waals surface area contributed by atoms with E-state index in [-0.39, 0.29) is 67.2 Å². The number of carbonyl (C=O) groups excluding carboxylic acids is 4. The molecule has 0 saturated carbocycles. The van der Waals surface area contributed by atoms with Gasteiger partial charge in [0.05, 0.1) is 86.8 Å². The number of nitrogens with two attached hydrogens (primary N) is 2. The number of benzene rings is 7. The molecule has 11 aromatic rings. The second kappa shape index (κ2) is 48.6. The van der Waals surface area contributed by atoms with Crippen LogP contribution in [0.15, 0.2) is 181 Å². The van der Waals surface area contributed by atoms with Crippen LogP contribution in [0.5, 0.6) is 0 Å². The number of hydrogen-bond acceptors (Lipinski definition) is 27. The number of aryl methyl sites for hydroxylation is 6. The van der Waals surface area contributed by atoms with E-state index in [9.17, 15) is 70.4 Å². The number of carbonyl (C=O) groups is 4. The molecule has 7 aromatic carbocycles. The Balaban J connectivity index is 0.000000222. The van der Waals surface area contributed by atoms with Gasteiger partial charge in [-0.25, -0.2) is 60.8 Å². The Hall–Kier alpha value is -10.2. The molecule has 0 spiro atoms. The quantitative estimate of drug-likeness (QED) is 0.0144. The van der Waals surface area contributed by atoms with E-state index in [1.807, 2.05) is 53.7 Å². The number of halogens is 5. The number of methoxy groups -OCH3 is 2. The fourth-order valence-electron chi connectivity index (χ4n) is 13.6. The van der Waals surface area contributed by atoms with Crippen molar-refractivity contribution in [2.24, 2.45) is 0 Å². The van der Waals surface area contributed by atoms with Crippen LogP contribution in [-0.2, 0) is 62.8 Å². The zero-order chi connectivity index (χ0) is 94.1. The maximum atomic E-state index is 14.1. The number of ether oxygens (including phenoxy) is 5. The summed E-state index contributed by atoms with van der Waals surface area (Å²) in [5.74, 6) is -5.40. The third-order valence-electron chi connectivity index (χ3n) is 19.3. The molecule has 0 unspecified atom stereocenters. The van der Waals surface area contributed by atoms with Gasteiger partial charge < -0.3 is 65.2 Å². The number of nitrogen functional groups attached to an aromatic ring is 2. The van der Waals surface area contributed by atoms with Gasteiger partial charge in [0, 0.05) is 91.0 Å². The van der Waals surface area contributed by atoms with E-state index in [1.165, 1.54) is 133 Å². The number of amides is 2. The summed E-state index contributed by atoms with van der Waals surface area (Å²) in [6.45, 7) is 28.8. The predicted octanol–water partition coefficient (Wildman–Crippen LogP) is 14.9. The zero-order valence-electron chi connectivity index (χ0n) is 72.6. The number of nitriles is 1. The maximum absolute atomic E-state index is 14.1. The Bertz CT molecular complexity index is 6110. The number of hydrogen-bond donors (Lipinski definition) is 6. The topological polar surface area (TPSA) is 399 Å². The zero-order valence-corrected chi connectivity index (χ0v) is 81.8. The Morgan fingerprint density at radius 2 is 0.767 bits per heavy atom. The summed E-state index contributed by atoms with van der Waals surface area (Å²) in [6.07, 6.45) is 0. The van der Waals surface area contributed by atoms with Crippen LogP contribution in [0.1, 0.15) is 95.7 Å². The predicted molar refractivity (Wildman–Crippen MR) is 497 cm³/mol. The van der Waals surface area contributed by atoms with Crippen LogP contribution in [0.2, 0.25) is 0 Å². The molecular weight excluding hydrogens is 1860 g/mol. The van der Waals surface area contributed by atoms with Gasteiger partial charge in [-0.15, -0.1) is 51.0 Å². The van der Waals surface area contributed by atoms with E-state index < -0.39 is 99.8 Å². The number of esters is 2. The van der Waals surface area contributed by atoms with Gasteiger partial charge in [-0.1, -0.05) is 72.8 Å². The van der Waals surface area contributed by atoms with Crippen LogP contribution in [0.3, 0.4) is 0 Å². The van der Waals surface area contributed by atoms with E-state index in [0.29, 0.717) is 48.4 Å². The van der Waals surface area contributed by atoms with Crippen molar-refractivity contribution < 1.29 is 124 Å². The molecule has 684 valence electrons. The SMILES string of the molecule is CC#N.COC(=O)c1sccc1N.COC(=O)c1sccc1NS(=O)(=O)c1ccccc1F.Cc1cc(C)c(N2CCOCC2)c(C)c1N.Cc1cc(C)c(N2CCOCC2)c(C)c1NC(=O)c1sccc1NS(=O)(=O)c1ccccc1F.Cc1cc(C)c(N2CCOCC2)c(C)c1NC(=O)c1sccc1[N-]S(=O)(=O)c1ccccc1F.O=S(=O)(Cl)c1ccccc1F.[Na+]. The molecule has 0 atom stereocenters. The molecule has 3 aliphatic rings. The van der Waals surface area contributed by atoms with Crippen LogP contribution in [-0.4, -0.2) is 151 Å². The molecule has 3 fully saturated rings. The molecule has 4 aromatic heterocycles. The van der Waals surface area contributed by atoms with Crippen molar-refractivity contribution in [1.29, 1.82) is 5.26 Å². The van der Waals surface area contributed by atoms with Gasteiger partial charge in [0.1, 0.15) is 62.6 Å². The number of sulfonamides is 3. The summed E-state index contributed by atoms with van der Waals surface area (Å²) in [5, 5.41) is 19.7. The van der Waals surface area contributed by atoms with Crippen LogP contribution >= 0.6 is 56.0 Å². The second-order valence-electron chi connectivity index (χ2n) is 28.1. The molecule has 42 heteroatoms. The van der Waals surface area contributed by atoms with Crippen molar-refractivity contribution in [2.75, 3.05) is 139 Å². The summed E-state index contributed by atoms with van der Waals surface area (Å²) < 4.78 is 184. The Morgan fingerprint density at radius 1 is 0.450 bits per heavy atom. The number of nitrogens with zero attached hydrogens (tertiary/aromatic N) is 5. The first-order valence-corrected chi connectivity index (χ1v) is 49.0. The molecule has 129 heavy (non-hydrogen) atoms. The molecule has 3 aliphatic heterocycles. The first-order chi connectivity index (χ1) is 60.6. The molecule has 0 radical (unpaired) electrons. The summed E-state index contributed by atoms with van der Waals surface area (Å²) >= 11 is 4.49. The fraction of sp³-hybridized carbons (Fsp3) is 0.276. The van der Waals surface area contributed by atoms with Crippen molar-refractivity contribution in [3.63, 3.8) is 0 Å². The van der Waals surface area contributed by atoms with Crippen LogP contribution in [0, 0.1) is 96.9 Å². The van der Waals surface area contributed by atoms with Gasteiger partial charge in [0.2, 0.25) is 0 Å². The third kappa shape index (κ3) is 28.2. The Labute approximate surface area is 790 Å². The standard InChI is InChI=1S/2C24H26FN3O4S2.C13H20N2O.C12H10FNO4S2.C6H4ClFO2S.C6H7NO2S.C2H3N.Na/c2*1-15-14-16(2)22(28-9-11-32-12-10-28)17(3)21(15)26-24(29)23-19(8-13-33-23)27-34(30,31)20-7-5-4-6-18(20)25;1-9-8-10(2)13(11(3)12(9)14)15-4-6-16-7-5-15;1-18-12(15)11-9(6-7-19-11)14-20(16,17)10-5-3-2-4-8(10)13;7-11(9,10)6-4-2-1-3-5(6)8;1-9-6(8)5-4(7)2-3-10-5;1-2-3;/h4-8,13-14H,9-12H2,1-3H3,(H2,26,27,29);4-8,13-14,27H,9-12H2,1-3H3,(H,26,29);8H,4-7,14H2,1-3H3;2-7,14H,1H3;1-4H;2-3H,7H2,1H3;1H3;/q;;;;;;;+1/p-1. The first kappa shape index (κ1) is 106. The molecule has 28 nitrogen and oxygen atoms in total. The van der Waals surface area contributed by atoms with Crippen LogP contribution in [0.4, 0.5) is 74.4 Å². The number of rotatable bonds is 19. The van der Waals surface area contributed by atoms with Gasteiger partial charge in [0.25, 0.3) is 40.9 Å². The number of anilines is 9. The van der Waals surface area contributed by atoms with E-state index in [4.69, 9.17) is 41.6 Å². The molecule has 0 aliphatic carbocycles.